The Kier molecular flexibility index (Phi) is 4.00. The molecule has 1 N–H and O–H groups in total. The monoisotopic (exact) mass is 197 g/mol. The van der Waals surface area contributed by atoms with Crippen molar-refractivity contribution in [3.05, 3.63) is 0 Å². The van der Waals surface area contributed by atoms with E-state index in [2.05, 4.69) is 39.9 Å². The Labute approximate surface area is 89.7 Å². The number of rotatable bonds is 4. The molecule has 3 unspecified atom stereocenters. The molecule has 1 saturated carbocycles. The minimum Gasteiger partial charge on any atom is -0.314 e. The summed E-state index contributed by atoms with van der Waals surface area (Å²) < 4.78 is 0. The van der Waals surface area contributed by atoms with Crippen LogP contribution >= 0.6 is 0 Å². The van der Waals surface area contributed by atoms with Crippen molar-refractivity contribution in [2.75, 3.05) is 6.54 Å². The largest absolute Gasteiger partial charge is 0.314 e. The van der Waals surface area contributed by atoms with Crippen LogP contribution in [0.5, 0.6) is 0 Å². The normalized spacial score (nSPS) is 33.2. The van der Waals surface area contributed by atoms with Crippen LogP contribution in [0.4, 0.5) is 0 Å². The minimum atomic E-state index is 0.576. The summed E-state index contributed by atoms with van der Waals surface area (Å²) in [6.07, 6.45) is 4.08. The maximum absolute atomic E-state index is 3.64. The average Bonchev–Trinajstić information content (AvgIpc) is 2.35. The van der Waals surface area contributed by atoms with E-state index in [9.17, 15) is 0 Å². The van der Waals surface area contributed by atoms with Gasteiger partial charge in [0.25, 0.3) is 0 Å². The molecule has 0 saturated heterocycles. The van der Waals surface area contributed by atoms with Gasteiger partial charge in [-0.1, -0.05) is 34.6 Å². The Morgan fingerprint density at radius 1 is 1.29 bits per heavy atom. The first-order valence-electron chi connectivity index (χ1n) is 6.23. The highest BCUT2D eigenvalue weighted by molar-refractivity contribution is 4.92. The Morgan fingerprint density at radius 2 is 1.93 bits per heavy atom. The predicted molar refractivity (Wildman–Crippen MR) is 63.4 cm³/mol. The summed E-state index contributed by atoms with van der Waals surface area (Å²) in [7, 11) is 0. The van der Waals surface area contributed by atoms with Gasteiger partial charge in [0.2, 0.25) is 0 Å². The molecule has 0 aliphatic heterocycles. The first-order chi connectivity index (χ1) is 6.50. The fraction of sp³-hybridized carbons (Fsp3) is 1.00. The molecule has 0 heterocycles. The molecule has 1 rings (SSSR count). The first kappa shape index (κ1) is 12.0. The summed E-state index contributed by atoms with van der Waals surface area (Å²) in [5, 5.41) is 3.64. The number of hydrogen-bond acceptors (Lipinski definition) is 1. The second kappa shape index (κ2) is 4.65. The molecule has 0 bridgehead atoms. The molecule has 1 heteroatoms. The van der Waals surface area contributed by atoms with Crippen LogP contribution in [-0.4, -0.2) is 12.6 Å². The predicted octanol–water partition coefficient (Wildman–Crippen LogP) is 3.45. The number of hydrogen-bond donors (Lipinski definition) is 1. The highest BCUT2D eigenvalue weighted by atomic mass is 14.9. The molecule has 1 fully saturated rings. The lowest BCUT2D eigenvalue weighted by Gasteiger charge is -2.27. The minimum absolute atomic E-state index is 0.576. The Bertz CT molecular complexity index is 174. The molecule has 84 valence electrons. The Hall–Kier alpha value is -0.0400. The van der Waals surface area contributed by atoms with Crippen LogP contribution in [0.2, 0.25) is 0 Å². The second-order valence-corrected chi connectivity index (χ2v) is 5.79. The molecule has 3 atom stereocenters. The van der Waals surface area contributed by atoms with Crippen molar-refractivity contribution >= 4 is 0 Å². The van der Waals surface area contributed by atoms with E-state index < -0.39 is 0 Å². The van der Waals surface area contributed by atoms with Gasteiger partial charge in [0.1, 0.15) is 0 Å². The highest BCUT2D eigenvalue weighted by Gasteiger charge is 2.39. The zero-order valence-corrected chi connectivity index (χ0v) is 10.6. The fourth-order valence-corrected chi connectivity index (χ4v) is 3.35. The Balaban J connectivity index is 2.58. The van der Waals surface area contributed by atoms with Crippen molar-refractivity contribution in [1.29, 1.82) is 0 Å². The molecule has 1 aliphatic rings. The van der Waals surface area contributed by atoms with Gasteiger partial charge in [-0.05, 0) is 43.1 Å². The maximum Gasteiger partial charge on any atom is 0.00953 e. The maximum atomic E-state index is 3.64. The molecule has 0 amide bonds. The van der Waals surface area contributed by atoms with Crippen molar-refractivity contribution in [1.82, 2.24) is 5.32 Å². The molecule has 1 nitrogen and oxygen atoms in total. The van der Waals surface area contributed by atoms with Crippen molar-refractivity contribution in [2.45, 2.75) is 59.9 Å². The molecule has 0 aromatic heterocycles. The quantitative estimate of drug-likeness (QED) is 0.728. The van der Waals surface area contributed by atoms with E-state index in [1.165, 1.54) is 19.3 Å². The van der Waals surface area contributed by atoms with Crippen molar-refractivity contribution < 1.29 is 0 Å². The molecule has 1 aliphatic carbocycles. The van der Waals surface area contributed by atoms with Crippen LogP contribution in [0, 0.1) is 17.3 Å². The van der Waals surface area contributed by atoms with E-state index in [1.54, 1.807) is 0 Å². The van der Waals surface area contributed by atoms with Crippen LogP contribution in [0.25, 0.3) is 0 Å². The van der Waals surface area contributed by atoms with Gasteiger partial charge in [0, 0.05) is 6.04 Å². The average molecular weight is 197 g/mol. The third-order valence-electron chi connectivity index (χ3n) is 3.82. The van der Waals surface area contributed by atoms with Crippen LogP contribution in [0.1, 0.15) is 53.9 Å². The molecule has 0 spiro atoms. The summed E-state index contributed by atoms with van der Waals surface area (Å²) >= 11 is 0. The molecule has 0 aromatic rings. The van der Waals surface area contributed by atoms with Crippen molar-refractivity contribution in [2.24, 2.45) is 17.3 Å². The summed E-state index contributed by atoms with van der Waals surface area (Å²) in [6, 6.07) is 0.747. The zero-order valence-electron chi connectivity index (χ0n) is 10.6. The first-order valence-corrected chi connectivity index (χ1v) is 6.23. The molecular formula is C13H27N. The van der Waals surface area contributed by atoms with Crippen LogP contribution in [0.3, 0.4) is 0 Å². The second-order valence-electron chi connectivity index (χ2n) is 5.79. The lowest BCUT2D eigenvalue weighted by atomic mass is 9.87. The van der Waals surface area contributed by atoms with E-state index in [1.807, 2.05) is 0 Å². The molecule has 0 aromatic carbocycles. The van der Waals surface area contributed by atoms with Crippen LogP contribution in [0.15, 0.2) is 0 Å². The van der Waals surface area contributed by atoms with E-state index in [0.29, 0.717) is 5.41 Å². The Morgan fingerprint density at radius 3 is 2.29 bits per heavy atom. The van der Waals surface area contributed by atoms with E-state index in [0.717, 1.165) is 24.4 Å². The van der Waals surface area contributed by atoms with Crippen LogP contribution in [-0.2, 0) is 0 Å². The van der Waals surface area contributed by atoms with Crippen molar-refractivity contribution in [3.63, 3.8) is 0 Å². The van der Waals surface area contributed by atoms with Gasteiger partial charge in [-0.25, -0.2) is 0 Å². The fourth-order valence-electron chi connectivity index (χ4n) is 3.35. The van der Waals surface area contributed by atoms with Gasteiger partial charge >= 0.3 is 0 Å². The third-order valence-corrected chi connectivity index (χ3v) is 3.82. The van der Waals surface area contributed by atoms with Gasteiger partial charge < -0.3 is 5.32 Å². The van der Waals surface area contributed by atoms with Gasteiger partial charge in [-0.2, -0.15) is 0 Å². The van der Waals surface area contributed by atoms with Gasteiger partial charge in [0.15, 0.2) is 0 Å². The smallest absolute Gasteiger partial charge is 0.00953 e. The van der Waals surface area contributed by atoms with Crippen LogP contribution < -0.4 is 5.32 Å². The van der Waals surface area contributed by atoms with Gasteiger partial charge in [-0.3, -0.25) is 0 Å². The lowest BCUT2D eigenvalue weighted by Crippen LogP contribution is -2.36. The van der Waals surface area contributed by atoms with Gasteiger partial charge in [0.05, 0.1) is 0 Å². The topological polar surface area (TPSA) is 12.0 Å². The summed E-state index contributed by atoms with van der Waals surface area (Å²) in [4.78, 5) is 0. The molecule has 14 heavy (non-hydrogen) atoms. The van der Waals surface area contributed by atoms with E-state index in [-0.39, 0.29) is 0 Å². The SMILES string of the molecule is CCNC(CC)C1CC(C)(C)CC1C. The molecule has 0 radical (unpaired) electrons. The van der Waals surface area contributed by atoms with Crippen molar-refractivity contribution in [3.8, 4) is 0 Å². The van der Waals surface area contributed by atoms with E-state index >= 15 is 0 Å². The summed E-state index contributed by atoms with van der Waals surface area (Å²) in [6.45, 7) is 12.9. The van der Waals surface area contributed by atoms with Gasteiger partial charge in [-0.15, -0.1) is 0 Å². The lowest BCUT2D eigenvalue weighted by molar-refractivity contribution is 0.284. The summed E-state index contributed by atoms with van der Waals surface area (Å²) in [5.41, 5.74) is 0.576. The molecular weight excluding hydrogens is 170 g/mol. The highest BCUT2D eigenvalue weighted by Crippen LogP contribution is 2.46. The summed E-state index contributed by atoms with van der Waals surface area (Å²) in [5.74, 6) is 1.80. The van der Waals surface area contributed by atoms with E-state index in [4.69, 9.17) is 0 Å². The number of nitrogens with one attached hydrogen (secondary N) is 1. The third kappa shape index (κ3) is 2.73. The zero-order chi connectivity index (χ0) is 10.8. The standard InChI is InChI=1S/C13H27N/c1-6-12(14-7-2)11-9-13(4,5)8-10(11)3/h10-12,14H,6-9H2,1-5H3.